The summed E-state index contributed by atoms with van der Waals surface area (Å²) in [5, 5.41) is 1.83. The summed E-state index contributed by atoms with van der Waals surface area (Å²) >= 11 is 13.5. The van der Waals surface area contributed by atoms with Gasteiger partial charge in [0, 0.05) is 15.7 Å². The lowest BCUT2D eigenvalue weighted by Crippen LogP contribution is -2.05. The van der Waals surface area contributed by atoms with Crippen molar-refractivity contribution in [1.82, 2.24) is 4.98 Å². The predicted molar refractivity (Wildman–Crippen MR) is 88.3 cm³/mol. The van der Waals surface area contributed by atoms with Gasteiger partial charge in [-0.2, -0.15) is 0 Å². The molecule has 0 aliphatic carbocycles. The lowest BCUT2D eigenvalue weighted by Gasteiger charge is -2.11. The Labute approximate surface area is 135 Å². The molecule has 2 atom stereocenters. The summed E-state index contributed by atoms with van der Waals surface area (Å²) in [5.41, 5.74) is 1.95. The molecule has 0 saturated heterocycles. The van der Waals surface area contributed by atoms with E-state index >= 15 is 0 Å². The van der Waals surface area contributed by atoms with E-state index in [1.54, 1.807) is 23.5 Å². The fourth-order valence-corrected chi connectivity index (χ4v) is 4.39. The van der Waals surface area contributed by atoms with E-state index in [1.165, 1.54) is 4.88 Å². The largest absolute Gasteiger partial charge is 0.259 e. The van der Waals surface area contributed by atoms with Gasteiger partial charge < -0.3 is 0 Å². The highest BCUT2D eigenvalue weighted by Gasteiger charge is 2.17. The van der Waals surface area contributed by atoms with Crippen LogP contribution in [0.5, 0.6) is 0 Å². The number of benzene rings is 1. The molecule has 0 fully saturated rings. The van der Waals surface area contributed by atoms with Gasteiger partial charge in [-0.15, -0.1) is 11.3 Å². The van der Waals surface area contributed by atoms with Crippen LogP contribution in [0.4, 0.5) is 0 Å². The van der Waals surface area contributed by atoms with Gasteiger partial charge in [0.2, 0.25) is 0 Å². The van der Waals surface area contributed by atoms with E-state index < -0.39 is 10.8 Å². The normalized spacial score (nSPS) is 14.2. The second-order valence-electron chi connectivity index (χ2n) is 4.59. The van der Waals surface area contributed by atoms with Crippen molar-refractivity contribution in [3.8, 4) is 0 Å². The highest BCUT2D eigenvalue weighted by Crippen LogP contribution is 2.29. The Balaban J connectivity index is 2.13. The maximum atomic E-state index is 12.4. The van der Waals surface area contributed by atoms with Crippen LogP contribution >= 0.6 is 34.5 Å². The molecular formula is C14H15Cl2NOS2. The number of thiazole rings is 1. The molecule has 1 aromatic carbocycles. The van der Waals surface area contributed by atoms with E-state index in [9.17, 15) is 4.21 Å². The molecule has 0 bridgehead atoms. The monoisotopic (exact) mass is 347 g/mol. The Morgan fingerprint density at radius 1 is 1.30 bits per heavy atom. The van der Waals surface area contributed by atoms with Crippen LogP contribution in [0.25, 0.3) is 0 Å². The van der Waals surface area contributed by atoms with Crippen LogP contribution < -0.4 is 0 Å². The molecule has 0 aliphatic heterocycles. The van der Waals surface area contributed by atoms with E-state index in [-0.39, 0.29) is 5.25 Å². The first-order valence-electron chi connectivity index (χ1n) is 6.13. The van der Waals surface area contributed by atoms with E-state index in [1.807, 2.05) is 26.8 Å². The first-order valence-corrected chi connectivity index (χ1v) is 9.09. The summed E-state index contributed by atoms with van der Waals surface area (Å²) in [7, 11) is -1.03. The zero-order valence-corrected chi connectivity index (χ0v) is 14.6. The minimum Gasteiger partial charge on any atom is -0.259 e. The van der Waals surface area contributed by atoms with Crippen molar-refractivity contribution in [2.75, 3.05) is 0 Å². The lowest BCUT2D eigenvalue weighted by atomic mass is 10.2. The zero-order chi connectivity index (χ0) is 14.9. The van der Waals surface area contributed by atoms with Crippen molar-refractivity contribution in [2.24, 2.45) is 0 Å². The fourth-order valence-electron chi connectivity index (χ4n) is 1.76. The average molecular weight is 348 g/mol. The summed E-state index contributed by atoms with van der Waals surface area (Å²) in [6.45, 7) is 5.94. The van der Waals surface area contributed by atoms with Gasteiger partial charge >= 0.3 is 0 Å². The van der Waals surface area contributed by atoms with Gasteiger partial charge in [-0.3, -0.25) is 4.21 Å². The molecule has 2 nitrogen and oxygen atoms in total. The van der Waals surface area contributed by atoms with E-state index in [0.29, 0.717) is 15.8 Å². The third-order valence-corrected chi connectivity index (χ3v) is 6.76. The van der Waals surface area contributed by atoms with E-state index in [0.717, 1.165) is 16.3 Å². The van der Waals surface area contributed by atoms with E-state index in [2.05, 4.69) is 4.98 Å². The number of hydrogen-bond donors (Lipinski definition) is 0. The molecule has 20 heavy (non-hydrogen) atoms. The van der Waals surface area contributed by atoms with Crippen molar-refractivity contribution in [3.05, 3.63) is 49.4 Å². The lowest BCUT2D eigenvalue weighted by molar-refractivity contribution is 0.675. The molecule has 0 amide bonds. The maximum Gasteiger partial charge on any atom is 0.106 e. The van der Waals surface area contributed by atoms with E-state index in [4.69, 9.17) is 23.2 Å². The Morgan fingerprint density at radius 3 is 2.55 bits per heavy atom. The fraction of sp³-hybridized carbons (Fsp3) is 0.357. The second kappa shape index (κ2) is 6.56. The highest BCUT2D eigenvalue weighted by atomic mass is 35.5. The molecule has 0 aliphatic rings. The molecule has 0 spiro atoms. The zero-order valence-electron chi connectivity index (χ0n) is 11.4. The van der Waals surface area contributed by atoms with Gasteiger partial charge in [0.05, 0.1) is 26.7 Å². The third-order valence-electron chi connectivity index (χ3n) is 3.15. The highest BCUT2D eigenvalue weighted by molar-refractivity contribution is 7.84. The SMILES string of the molecule is Cc1nc(CS(=O)C(C)c2ccc(Cl)c(Cl)c2)sc1C. The van der Waals surface area contributed by atoms with Crippen molar-refractivity contribution >= 4 is 45.3 Å². The Kier molecular flexibility index (Phi) is 5.24. The topological polar surface area (TPSA) is 30.0 Å². The molecule has 0 saturated carbocycles. The third kappa shape index (κ3) is 3.61. The van der Waals surface area contributed by atoms with Crippen LogP contribution in [-0.2, 0) is 16.6 Å². The van der Waals surface area contributed by atoms with Crippen LogP contribution in [0.15, 0.2) is 18.2 Å². The van der Waals surface area contributed by atoms with Gasteiger partial charge in [-0.25, -0.2) is 4.98 Å². The number of aryl methyl sites for hydroxylation is 2. The molecule has 1 aromatic heterocycles. The van der Waals surface area contributed by atoms with Crippen LogP contribution in [0.1, 0.15) is 33.3 Å². The van der Waals surface area contributed by atoms with Crippen molar-refractivity contribution in [2.45, 2.75) is 31.8 Å². The number of hydrogen-bond acceptors (Lipinski definition) is 3. The number of halogens is 2. The molecule has 2 unspecified atom stereocenters. The average Bonchev–Trinajstić information content (AvgIpc) is 2.70. The molecule has 2 rings (SSSR count). The molecule has 6 heteroatoms. The summed E-state index contributed by atoms with van der Waals surface area (Å²) < 4.78 is 12.4. The quantitative estimate of drug-likeness (QED) is 0.771. The van der Waals surface area contributed by atoms with Crippen LogP contribution in [0.3, 0.4) is 0 Å². The van der Waals surface area contributed by atoms with Gasteiger partial charge in [-0.05, 0) is 38.5 Å². The minimum atomic E-state index is -1.03. The first kappa shape index (κ1) is 16.0. The van der Waals surface area contributed by atoms with Gasteiger partial charge in [0.25, 0.3) is 0 Å². The van der Waals surface area contributed by atoms with Gasteiger partial charge in [-0.1, -0.05) is 29.3 Å². The molecule has 2 aromatic rings. The second-order valence-corrected chi connectivity index (χ2v) is 8.45. The van der Waals surface area contributed by atoms with Gasteiger partial charge in [0.1, 0.15) is 5.01 Å². The summed E-state index contributed by atoms with van der Waals surface area (Å²) in [5.74, 6) is 0.473. The molecule has 1 heterocycles. The van der Waals surface area contributed by atoms with Crippen LogP contribution in [-0.4, -0.2) is 9.19 Å². The van der Waals surface area contributed by atoms with Crippen molar-refractivity contribution < 1.29 is 4.21 Å². The number of nitrogens with zero attached hydrogens (tertiary/aromatic N) is 1. The molecule has 0 N–H and O–H groups in total. The number of aromatic nitrogens is 1. The van der Waals surface area contributed by atoms with Crippen LogP contribution in [0.2, 0.25) is 10.0 Å². The Morgan fingerprint density at radius 2 is 2.00 bits per heavy atom. The number of rotatable bonds is 4. The smallest absolute Gasteiger partial charge is 0.106 e. The summed E-state index contributed by atoms with van der Waals surface area (Å²) in [6, 6.07) is 5.39. The van der Waals surface area contributed by atoms with Crippen molar-refractivity contribution in [3.63, 3.8) is 0 Å². The summed E-state index contributed by atoms with van der Waals surface area (Å²) in [6.07, 6.45) is 0. The molecule has 0 radical (unpaired) electrons. The summed E-state index contributed by atoms with van der Waals surface area (Å²) in [4.78, 5) is 5.62. The maximum absolute atomic E-state index is 12.4. The Hall–Kier alpha value is -0.420. The van der Waals surface area contributed by atoms with Crippen LogP contribution in [0, 0.1) is 13.8 Å². The minimum absolute atomic E-state index is 0.103. The Bertz CT molecular complexity index is 635. The molecule has 108 valence electrons. The first-order chi connectivity index (χ1) is 9.38. The van der Waals surface area contributed by atoms with Gasteiger partial charge in [0.15, 0.2) is 0 Å². The van der Waals surface area contributed by atoms with Crippen molar-refractivity contribution in [1.29, 1.82) is 0 Å². The standard InChI is InChI=1S/C14H15Cl2NOS2/c1-8-9(2)19-14(17-8)7-20(18)10(3)11-4-5-12(15)13(16)6-11/h4-6,10H,7H2,1-3H3. The predicted octanol–water partition coefficient (Wildman–Crippen LogP) is 5.08. The molecular weight excluding hydrogens is 333 g/mol.